The average molecular weight is 231 g/mol. The molecule has 0 amide bonds. The molecule has 0 spiro atoms. The molecule has 0 heterocycles. The summed E-state index contributed by atoms with van der Waals surface area (Å²) in [4.78, 5) is 0. The van der Waals surface area contributed by atoms with Crippen molar-refractivity contribution in [3.05, 3.63) is 41.0 Å². The van der Waals surface area contributed by atoms with Crippen LogP contribution in [0.15, 0.2) is 29.8 Å². The summed E-state index contributed by atoms with van der Waals surface area (Å²) in [6.45, 7) is 1.99. The van der Waals surface area contributed by atoms with Crippen molar-refractivity contribution in [3.8, 4) is 0 Å². The van der Waals surface area contributed by atoms with Crippen LogP contribution in [0.3, 0.4) is 0 Å². The van der Waals surface area contributed by atoms with Crippen molar-refractivity contribution in [2.45, 2.75) is 19.8 Å². The van der Waals surface area contributed by atoms with Crippen LogP contribution in [0.2, 0.25) is 0 Å². The predicted molar refractivity (Wildman–Crippen MR) is 60.4 cm³/mol. The van der Waals surface area contributed by atoms with Gasteiger partial charge in [-0.15, -0.1) is 11.6 Å². The van der Waals surface area contributed by atoms with E-state index in [2.05, 4.69) is 0 Å². The van der Waals surface area contributed by atoms with Crippen molar-refractivity contribution in [1.82, 2.24) is 0 Å². The minimum atomic E-state index is -2.42. The van der Waals surface area contributed by atoms with Crippen LogP contribution in [0.5, 0.6) is 0 Å². The van der Waals surface area contributed by atoms with E-state index in [0.717, 1.165) is 17.6 Å². The zero-order valence-electron chi connectivity index (χ0n) is 8.51. The van der Waals surface area contributed by atoms with Gasteiger partial charge in [-0.3, -0.25) is 0 Å². The fourth-order valence-corrected chi connectivity index (χ4v) is 1.52. The lowest BCUT2D eigenvalue weighted by atomic mass is 10.1. The molecule has 0 fully saturated rings. The molecule has 1 aromatic carbocycles. The lowest BCUT2D eigenvalue weighted by molar-refractivity contribution is 0.151. The third-order valence-corrected chi connectivity index (χ3v) is 2.50. The topological polar surface area (TPSA) is 0 Å². The molecule has 0 nitrogen and oxygen atoms in total. The van der Waals surface area contributed by atoms with Gasteiger partial charge in [0.15, 0.2) is 0 Å². The first kappa shape index (κ1) is 12.2. The molecule has 0 saturated carbocycles. The van der Waals surface area contributed by atoms with Gasteiger partial charge in [0.05, 0.1) is 0 Å². The van der Waals surface area contributed by atoms with Crippen LogP contribution in [-0.4, -0.2) is 5.88 Å². The van der Waals surface area contributed by atoms with E-state index in [9.17, 15) is 8.78 Å². The highest BCUT2D eigenvalue weighted by Crippen LogP contribution is 2.21. The quantitative estimate of drug-likeness (QED) is 0.660. The third-order valence-electron chi connectivity index (χ3n) is 2.16. The highest BCUT2D eigenvalue weighted by molar-refractivity contribution is 6.19. The van der Waals surface area contributed by atoms with Crippen LogP contribution < -0.4 is 0 Å². The molecule has 0 N–H and O–H groups in total. The lowest BCUT2D eigenvalue weighted by Crippen LogP contribution is -1.86. The Labute approximate surface area is 93.6 Å². The standard InChI is InChI=1S/C12H13ClF2/c1-2-9(8-13)6-10-4-3-5-11(7-10)12(14)15/h3-7,12H,2,8H2,1H3/b9-6-. The van der Waals surface area contributed by atoms with Crippen molar-refractivity contribution in [2.24, 2.45) is 0 Å². The fraction of sp³-hybridized carbons (Fsp3) is 0.333. The third kappa shape index (κ3) is 3.63. The van der Waals surface area contributed by atoms with Crippen LogP contribution in [-0.2, 0) is 0 Å². The van der Waals surface area contributed by atoms with Crippen molar-refractivity contribution >= 4 is 17.7 Å². The Kier molecular flexibility index (Phi) is 4.76. The number of hydrogen-bond acceptors (Lipinski definition) is 0. The first-order valence-corrected chi connectivity index (χ1v) is 5.34. The Morgan fingerprint density at radius 2 is 2.20 bits per heavy atom. The van der Waals surface area contributed by atoms with Crippen molar-refractivity contribution < 1.29 is 8.78 Å². The molecule has 15 heavy (non-hydrogen) atoms. The summed E-state index contributed by atoms with van der Waals surface area (Å²) < 4.78 is 24.8. The molecule has 0 aliphatic rings. The number of benzene rings is 1. The molecule has 82 valence electrons. The highest BCUT2D eigenvalue weighted by Gasteiger charge is 2.06. The molecule has 0 radical (unpaired) electrons. The van der Waals surface area contributed by atoms with Gasteiger partial charge in [0.2, 0.25) is 0 Å². The Balaban J connectivity index is 2.95. The zero-order valence-corrected chi connectivity index (χ0v) is 9.27. The highest BCUT2D eigenvalue weighted by atomic mass is 35.5. The Hall–Kier alpha value is -0.890. The zero-order chi connectivity index (χ0) is 11.3. The second-order valence-electron chi connectivity index (χ2n) is 3.26. The van der Waals surface area contributed by atoms with E-state index in [1.165, 1.54) is 12.1 Å². The van der Waals surface area contributed by atoms with E-state index < -0.39 is 6.43 Å². The van der Waals surface area contributed by atoms with Gasteiger partial charge in [-0.1, -0.05) is 36.8 Å². The van der Waals surface area contributed by atoms with Crippen molar-refractivity contribution in [1.29, 1.82) is 0 Å². The number of allylic oxidation sites excluding steroid dienone is 1. The van der Waals surface area contributed by atoms with Gasteiger partial charge in [0.1, 0.15) is 0 Å². The van der Waals surface area contributed by atoms with E-state index in [1.807, 2.05) is 13.0 Å². The van der Waals surface area contributed by atoms with Crippen LogP contribution in [0, 0.1) is 0 Å². The van der Waals surface area contributed by atoms with E-state index in [1.54, 1.807) is 12.1 Å². The lowest BCUT2D eigenvalue weighted by Gasteiger charge is -2.03. The van der Waals surface area contributed by atoms with E-state index in [-0.39, 0.29) is 5.56 Å². The molecule has 1 rings (SSSR count). The molecular weight excluding hydrogens is 218 g/mol. The van der Waals surface area contributed by atoms with Gasteiger partial charge in [0, 0.05) is 11.4 Å². The predicted octanol–water partition coefficient (Wildman–Crippen LogP) is 4.66. The number of halogens is 3. The van der Waals surface area contributed by atoms with Gasteiger partial charge in [-0.05, 0) is 18.1 Å². The summed E-state index contributed by atoms with van der Waals surface area (Å²) >= 11 is 5.70. The summed E-state index contributed by atoms with van der Waals surface area (Å²) in [5, 5.41) is 0. The molecule has 0 aromatic heterocycles. The summed E-state index contributed by atoms with van der Waals surface area (Å²) in [7, 11) is 0. The molecule has 0 saturated heterocycles. The van der Waals surface area contributed by atoms with Gasteiger partial charge in [-0.2, -0.15) is 0 Å². The summed E-state index contributed by atoms with van der Waals surface area (Å²) in [5.41, 5.74) is 1.88. The summed E-state index contributed by atoms with van der Waals surface area (Å²) in [6.07, 6.45) is 0.279. The maximum Gasteiger partial charge on any atom is 0.263 e. The monoisotopic (exact) mass is 230 g/mol. The number of hydrogen-bond donors (Lipinski definition) is 0. The second-order valence-corrected chi connectivity index (χ2v) is 3.53. The van der Waals surface area contributed by atoms with Crippen LogP contribution >= 0.6 is 11.6 Å². The summed E-state index contributed by atoms with van der Waals surface area (Å²) in [5.74, 6) is 0.440. The minimum absolute atomic E-state index is 0.0498. The number of alkyl halides is 3. The first-order valence-electron chi connectivity index (χ1n) is 4.81. The van der Waals surface area contributed by atoms with Gasteiger partial charge >= 0.3 is 0 Å². The van der Waals surface area contributed by atoms with Gasteiger partial charge in [0.25, 0.3) is 6.43 Å². The maximum atomic E-state index is 12.4. The van der Waals surface area contributed by atoms with E-state index >= 15 is 0 Å². The van der Waals surface area contributed by atoms with Crippen molar-refractivity contribution in [3.63, 3.8) is 0 Å². The minimum Gasteiger partial charge on any atom is -0.205 e. The molecule has 0 bridgehead atoms. The number of rotatable bonds is 4. The SMILES string of the molecule is CC/C(=C/c1cccc(C(F)F)c1)CCl. The molecule has 0 aliphatic heterocycles. The van der Waals surface area contributed by atoms with Crippen LogP contribution in [0.25, 0.3) is 6.08 Å². The molecule has 0 atom stereocenters. The maximum absolute atomic E-state index is 12.4. The summed E-state index contributed by atoms with van der Waals surface area (Å²) in [6, 6.07) is 6.35. The van der Waals surface area contributed by atoms with E-state index in [0.29, 0.717) is 5.88 Å². The van der Waals surface area contributed by atoms with Crippen LogP contribution in [0.4, 0.5) is 8.78 Å². The molecule has 0 unspecified atom stereocenters. The van der Waals surface area contributed by atoms with E-state index in [4.69, 9.17) is 11.6 Å². The molecular formula is C12H13ClF2. The Morgan fingerprint density at radius 1 is 1.47 bits per heavy atom. The fourth-order valence-electron chi connectivity index (χ4n) is 1.26. The van der Waals surface area contributed by atoms with Gasteiger partial charge in [-0.25, -0.2) is 8.78 Å². The largest absolute Gasteiger partial charge is 0.263 e. The van der Waals surface area contributed by atoms with Crippen LogP contribution in [0.1, 0.15) is 30.9 Å². The van der Waals surface area contributed by atoms with Crippen molar-refractivity contribution in [2.75, 3.05) is 5.88 Å². The average Bonchev–Trinajstić information content (AvgIpc) is 2.26. The Bertz CT molecular complexity index is 339. The normalized spacial score (nSPS) is 12.2. The molecule has 3 heteroatoms. The molecule has 0 aliphatic carbocycles. The van der Waals surface area contributed by atoms with Gasteiger partial charge < -0.3 is 0 Å². The Morgan fingerprint density at radius 3 is 2.73 bits per heavy atom. The smallest absolute Gasteiger partial charge is 0.205 e. The molecule has 1 aromatic rings. The first-order chi connectivity index (χ1) is 7.17. The second kappa shape index (κ2) is 5.86.